The first-order valence-electron chi connectivity index (χ1n) is 15.0. The van der Waals surface area contributed by atoms with E-state index in [4.69, 9.17) is 14.2 Å². The van der Waals surface area contributed by atoms with Gasteiger partial charge in [-0.05, 0) is 85.1 Å². The van der Waals surface area contributed by atoms with E-state index < -0.39 is 42.6 Å². The summed E-state index contributed by atoms with van der Waals surface area (Å²) in [5.41, 5.74) is 0.688. The average molecular weight is 722 g/mol. The van der Waals surface area contributed by atoms with Gasteiger partial charge in [-0.3, -0.25) is 5.32 Å². The zero-order valence-corrected chi connectivity index (χ0v) is 29.4. The molecule has 0 saturated carbocycles. The van der Waals surface area contributed by atoms with Crippen LogP contribution in [0.3, 0.4) is 0 Å². The number of aromatic amines is 1. The number of anilines is 1. The zero-order valence-electron chi connectivity index (χ0n) is 27.8. The lowest BCUT2D eigenvalue weighted by Crippen LogP contribution is -2.31. The SMILES string of the molecule is COc1ccc(CN(Cc2ccc(OC)cc2)S(=O)(=O)c2c(S(=O)O)ccc(-c3cccnc3NC(=O)OC(C)(C)C)c2-c2nn[nH]n2)cc1. The Morgan fingerprint density at radius 2 is 1.52 bits per heavy atom. The molecule has 0 aliphatic rings. The number of hydrogen-bond donors (Lipinski definition) is 3. The molecule has 50 heavy (non-hydrogen) atoms. The van der Waals surface area contributed by atoms with Gasteiger partial charge in [-0.25, -0.2) is 22.4 Å². The molecule has 0 aliphatic heterocycles. The van der Waals surface area contributed by atoms with Crippen molar-refractivity contribution in [2.45, 2.75) is 49.3 Å². The topological polar surface area (TPSA) is 199 Å². The highest BCUT2D eigenvalue weighted by Gasteiger charge is 2.36. The number of ether oxygens (including phenoxy) is 3. The summed E-state index contributed by atoms with van der Waals surface area (Å²) in [6.07, 6.45) is 0.634. The summed E-state index contributed by atoms with van der Waals surface area (Å²) in [6.45, 7) is 4.84. The van der Waals surface area contributed by atoms with Crippen molar-refractivity contribution in [3.8, 4) is 34.0 Å². The van der Waals surface area contributed by atoms with Crippen molar-refractivity contribution in [2.75, 3.05) is 19.5 Å². The quantitative estimate of drug-likeness (QED) is 0.141. The van der Waals surface area contributed by atoms with Crippen LogP contribution < -0.4 is 14.8 Å². The van der Waals surface area contributed by atoms with E-state index in [2.05, 4.69) is 30.9 Å². The normalized spacial score (nSPS) is 12.4. The van der Waals surface area contributed by atoms with Gasteiger partial charge in [0.15, 0.2) is 11.1 Å². The number of sulfonamides is 1. The number of benzene rings is 3. The summed E-state index contributed by atoms with van der Waals surface area (Å²) in [5, 5.41) is 16.7. The predicted molar refractivity (Wildman–Crippen MR) is 184 cm³/mol. The van der Waals surface area contributed by atoms with Gasteiger partial charge in [0.2, 0.25) is 15.8 Å². The number of nitrogens with zero attached hydrogens (tertiary/aromatic N) is 5. The maximum absolute atomic E-state index is 15.1. The first-order chi connectivity index (χ1) is 23.8. The molecule has 0 aliphatic carbocycles. The average Bonchev–Trinajstić information content (AvgIpc) is 3.62. The van der Waals surface area contributed by atoms with Crippen molar-refractivity contribution < 1.29 is 36.2 Å². The van der Waals surface area contributed by atoms with E-state index in [1.54, 1.807) is 81.4 Å². The number of rotatable bonds is 12. The van der Waals surface area contributed by atoms with Gasteiger partial charge in [-0.15, -0.1) is 10.2 Å². The van der Waals surface area contributed by atoms with E-state index in [0.717, 1.165) is 0 Å². The van der Waals surface area contributed by atoms with Crippen molar-refractivity contribution in [1.82, 2.24) is 29.9 Å². The lowest BCUT2D eigenvalue weighted by Gasteiger charge is -2.26. The number of amides is 1. The molecule has 2 heterocycles. The number of pyridine rings is 1. The third kappa shape index (κ3) is 8.31. The number of tetrazole rings is 1. The standard InChI is InChI=1S/C33H35N7O8S2/c1-33(2,3)48-32(41)35-30-26(7-6-18-34-30)25-16-17-27(49(42)43)29(28(25)31-36-38-39-37-31)50(44,45)40(19-21-8-12-23(46-4)13-9-21)20-22-10-14-24(47-5)15-11-22/h6-18H,19-20H2,1-5H3,(H,42,43)(H,34,35,41)(H,36,37,38,39). The minimum atomic E-state index is -4.69. The summed E-state index contributed by atoms with van der Waals surface area (Å²) in [6, 6.07) is 19.5. The maximum atomic E-state index is 15.1. The minimum Gasteiger partial charge on any atom is -0.497 e. The van der Waals surface area contributed by atoms with Gasteiger partial charge >= 0.3 is 6.09 Å². The molecule has 17 heteroatoms. The minimum absolute atomic E-state index is 0.0287. The highest BCUT2D eigenvalue weighted by Crippen LogP contribution is 2.42. The molecule has 3 aromatic carbocycles. The smallest absolute Gasteiger partial charge is 0.413 e. The van der Waals surface area contributed by atoms with Crippen molar-refractivity contribution in [3.63, 3.8) is 0 Å². The van der Waals surface area contributed by atoms with Gasteiger partial charge in [0.25, 0.3) is 0 Å². The van der Waals surface area contributed by atoms with E-state index in [0.29, 0.717) is 22.6 Å². The molecule has 5 rings (SSSR count). The molecule has 0 fully saturated rings. The second-order valence-electron chi connectivity index (χ2n) is 11.8. The Labute approximate surface area is 291 Å². The molecule has 15 nitrogen and oxygen atoms in total. The van der Waals surface area contributed by atoms with Crippen LogP contribution >= 0.6 is 0 Å². The number of H-pyrrole nitrogens is 1. The molecular weight excluding hydrogens is 687 g/mol. The number of hydrogen-bond acceptors (Lipinski definition) is 11. The molecule has 1 amide bonds. The number of carbonyl (C=O) groups is 1. The van der Waals surface area contributed by atoms with E-state index in [-0.39, 0.29) is 41.4 Å². The largest absolute Gasteiger partial charge is 0.497 e. The second-order valence-corrected chi connectivity index (χ2v) is 14.6. The van der Waals surface area contributed by atoms with Crippen LogP contribution in [0.5, 0.6) is 11.5 Å². The van der Waals surface area contributed by atoms with Crippen LogP contribution in [-0.4, -0.2) is 73.0 Å². The molecule has 262 valence electrons. The van der Waals surface area contributed by atoms with Crippen molar-refractivity contribution in [1.29, 1.82) is 0 Å². The van der Waals surface area contributed by atoms with Crippen molar-refractivity contribution in [2.24, 2.45) is 0 Å². The van der Waals surface area contributed by atoms with E-state index in [1.807, 2.05) is 0 Å². The zero-order chi connectivity index (χ0) is 36.1. The fourth-order valence-electron chi connectivity index (χ4n) is 5.02. The Kier molecular flexibility index (Phi) is 10.9. The van der Waals surface area contributed by atoms with E-state index in [9.17, 15) is 13.6 Å². The molecule has 3 N–H and O–H groups in total. The first kappa shape index (κ1) is 36.1. The summed E-state index contributed by atoms with van der Waals surface area (Å²) < 4.78 is 70.7. The Morgan fingerprint density at radius 1 is 0.920 bits per heavy atom. The van der Waals surface area contributed by atoms with Crippen LogP contribution in [0.1, 0.15) is 31.9 Å². The summed E-state index contributed by atoms with van der Waals surface area (Å²) in [4.78, 5) is 16.2. The number of carbonyl (C=O) groups excluding carboxylic acids is 1. The Balaban J connectivity index is 1.73. The maximum Gasteiger partial charge on any atom is 0.413 e. The summed E-state index contributed by atoms with van der Waals surface area (Å²) in [5.74, 6) is 0.999. The fourth-order valence-corrected chi connectivity index (χ4v) is 7.67. The van der Waals surface area contributed by atoms with Crippen LogP contribution in [0, 0.1) is 0 Å². The van der Waals surface area contributed by atoms with Gasteiger partial charge in [0.05, 0.1) is 24.7 Å². The van der Waals surface area contributed by atoms with Crippen LogP contribution in [0.15, 0.2) is 88.8 Å². The van der Waals surface area contributed by atoms with Crippen molar-refractivity contribution >= 4 is 33.0 Å². The second kappa shape index (κ2) is 15.1. The first-order valence-corrected chi connectivity index (χ1v) is 17.6. The third-order valence-corrected chi connectivity index (χ3v) is 9.95. The predicted octanol–water partition coefficient (Wildman–Crippen LogP) is 5.26. The number of methoxy groups -OCH3 is 2. The van der Waals surface area contributed by atoms with Gasteiger partial charge in [-0.2, -0.15) is 9.52 Å². The summed E-state index contributed by atoms with van der Waals surface area (Å²) >= 11 is -2.80. The van der Waals surface area contributed by atoms with Crippen LogP contribution in [0.25, 0.3) is 22.5 Å². The Morgan fingerprint density at radius 3 is 2.02 bits per heavy atom. The van der Waals surface area contributed by atoms with Crippen LogP contribution in [0.2, 0.25) is 0 Å². The van der Waals surface area contributed by atoms with Crippen LogP contribution in [-0.2, 0) is 38.9 Å². The Bertz CT molecular complexity index is 2040. The van der Waals surface area contributed by atoms with Gasteiger partial charge in [-0.1, -0.05) is 30.3 Å². The molecule has 0 spiro atoms. The highest BCUT2D eigenvalue weighted by atomic mass is 32.2. The highest BCUT2D eigenvalue weighted by molar-refractivity contribution is 7.90. The van der Waals surface area contributed by atoms with Gasteiger partial charge in [0, 0.05) is 24.8 Å². The lowest BCUT2D eigenvalue weighted by molar-refractivity contribution is 0.0635. The van der Waals surface area contributed by atoms with Gasteiger partial charge < -0.3 is 18.8 Å². The Hall–Kier alpha value is -5.23. The van der Waals surface area contributed by atoms with Gasteiger partial charge in [0.1, 0.15) is 27.8 Å². The third-order valence-electron chi connectivity index (χ3n) is 7.23. The summed E-state index contributed by atoms with van der Waals surface area (Å²) in [7, 11) is -1.64. The molecule has 0 radical (unpaired) electrons. The van der Waals surface area contributed by atoms with E-state index >= 15 is 8.42 Å². The fraction of sp³-hybridized carbons (Fsp3) is 0.242. The molecular formula is C33H35N7O8S2. The van der Waals surface area contributed by atoms with Crippen LogP contribution in [0.4, 0.5) is 10.6 Å². The van der Waals surface area contributed by atoms with E-state index in [1.165, 1.54) is 36.9 Å². The monoisotopic (exact) mass is 721 g/mol. The molecule has 2 aromatic heterocycles. The number of nitrogens with one attached hydrogen (secondary N) is 2. The molecule has 5 aromatic rings. The van der Waals surface area contributed by atoms with Crippen molar-refractivity contribution in [3.05, 3.63) is 90.1 Å². The molecule has 1 unspecified atom stereocenters. The molecule has 0 saturated heterocycles. The lowest BCUT2D eigenvalue weighted by atomic mass is 9.99. The molecule has 0 bridgehead atoms. The molecule has 1 atom stereocenters. The number of aromatic nitrogens is 5.